The Bertz CT molecular complexity index is 2170. The smallest absolute Gasteiger partial charge is 0.335 e. The van der Waals surface area contributed by atoms with E-state index in [9.17, 15) is 60.0 Å². The predicted molar refractivity (Wildman–Crippen MR) is 254 cm³/mol. The third-order valence-electron chi connectivity index (χ3n) is 19.5. The minimum atomic E-state index is -1.98. The molecule has 0 aromatic carbocycles. The maximum absolute atomic E-state index is 13.9. The second kappa shape index (κ2) is 20.3. The Hall–Kier alpha value is -3.34. The van der Waals surface area contributed by atoms with Crippen LogP contribution in [0.1, 0.15) is 121 Å². The quantitative estimate of drug-likeness (QED) is 0.0458. The molecule has 2 saturated heterocycles. The summed E-state index contributed by atoms with van der Waals surface area (Å²) in [6, 6.07) is 0. The SMILES string of the molecule is C/C=C(/C)C(=O)O[C@H]1[C@H](OC(=O)/C(C)=C\C)[C@]2(CO)[C@H](OC(C)=O)C[C@]3(C)C(=CC[C@@H]4[C@@]5(C)CC[C@H](O[C@@H]6O[C@H](C(=O)O)[C@@H](O)[C@H](O[C@@H]7OC[C@H](O)[C@H](O)[C@H]7O)[C@H]6O)[C@@](C)(CO)[C@@H]5CC[C@]43C)[C@@H]2CC1(C)C. The summed E-state index contributed by atoms with van der Waals surface area (Å²) in [5.41, 5.74) is -3.15. The number of carboxylic acids is 1. The van der Waals surface area contributed by atoms with E-state index in [1.807, 2.05) is 20.8 Å². The van der Waals surface area contributed by atoms with E-state index < -0.39 is 155 Å². The number of aliphatic hydroxyl groups is 7. The lowest BCUT2D eigenvalue weighted by Gasteiger charge is -2.72. The van der Waals surface area contributed by atoms with Gasteiger partial charge in [-0.1, -0.05) is 65.3 Å². The van der Waals surface area contributed by atoms with Crippen molar-refractivity contribution in [3.63, 3.8) is 0 Å². The average molecular weight is 1020 g/mol. The van der Waals surface area contributed by atoms with Crippen LogP contribution in [0.15, 0.2) is 34.9 Å². The van der Waals surface area contributed by atoms with Gasteiger partial charge in [-0.15, -0.1) is 0 Å². The van der Waals surface area contributed by atoms with Crippen LogP contribution in [-0.4, -0.2) is 164 Å². The summed E-state index contributed by atoms with van der Waals surface area (Å²) in [5, 5.41) is 87.2. The van der Waals surface area contributed by atoms with Crippen molar-refractivity contribution in [2.45, 2.75) is 201 Å². The molecule has 19 nitrogen and oxygen atoms in total. The number of aliphatic hydroxyl groups excluding tert-OH is 7. The van der Waals surface area contributed by atoms with E-state index in [2.05, 4.69) is 26.8 Å². The molecule has 0 bridgehead atoms. The fourth-order valence-electron chi connectivity index (χ4n) is 15.0. The number of carboxylic acid groups (broad SMARTS) is 1. The summed E-state index contributed by atoms with van der Waals surface area (Å²) >= 11 is 0. The number of hydrogen-bond acceptors (Lipinski definition) is 18. The summed E-state index contributed by atoms with van der Waals surface area (Å²) in [6.45, 7) is 19.2. The van der Waals surface area contributed by atoms with Crippen molar-refractivity contribution in [1.29, 1.82) is 0 Å². The Balaban J connectivity index is 1.24. The van der Waals surface area contributed by atoms with Crippen LogP contribution in [0.4, 0.5) is 0 Å². The molecule has 19 heteroatoms. The minimum Gasteiger partial charge on any atom is -0.479 e. The van der Waals surface area contributed by atoms with Gasteiger partial charge >= 0.3 is 23.9 Å². The molecule has 0 radical (unpaired) electrons. The van der Waals surface area contributed by atoms with E-state index in [1.54, 1.807) is 39.8 Å². The van der Waals surface area contributed by atoms with Gasteiger partial charge in [0.05, 0.1) is 31.3 Å². The topological polar surface area (TPSA) is 295 Å². The van der Waals surface area contributed by atoms with Gasteiger partial charge in [0.2, 0.25) is 0 Å². The van der Waals surface area contributed by atoms with Crippen molar-refractivity contribution in [3.05, 3.63) is 34.9 Å². The van der Waals surface area contributed by atoms with Crippen LogP contribution < -0.4 is 0 Å². The molecule has 0 aromatic rings. The fraction of sp³-hybridized carbons (Fsp3) is 0.811. The number of esters is 3. The molecule has 2 aliphatic heterocycles. The molecule has 7 rings (SSSR count). The number of carbonyl (C=O) groups excluding carboxylic acids is 3. The van der Waals surface area contributed by atoms with Crippen LogP contribution in [0.2, 0.25) is 0 Å². The van der Waals surface area contributed by atoms with Gasteiger partial charge in [-0.2, -0.15) is 0 Å². The zero-order valence-electron chi connectivity index (χ0n) is 43.6. The molecular formula is C53H80O19. The van der Waals surface area contributed by atoms with Gasteiger partial charge in [0.15, 0.2) is 24.8 Å². The van der Waals surface area contributed by atoms with E-state index in [4.69, 9.17) is 33.2 Å². The molecule has 406 valence electrons. The Kier molecular flexibility index (Phi) is 15.9. The van der Waals surface area contributed by atoms with Crippen LogP contribution in [-0.2, 0) is 52.3 Å². The van der Waals surface area contributed by atoms with Crippen molar-refractivity contribution in [2.24, 2.45) is 50.2 Å². The van der Waals surface area contributed by atoms with E-state index in [1.165, 1.54) is 6.92 Å². The summed E-state index contributed by atoms with van der Waals surface area (Å²) in [6.07, 6.45) is -11.0. The number of hydrogen-bond donors (Lipinski definition) is 8. The number of fused-ring (bicyclic) bond motifs is 7. The van der Waals surface area contributed by atoms with Gasteiger partial charge in [-0.3, -0.25) is 4.79 Å². The molecule has 6 fully saturated rings. The summed E-state index contributed by atoms with van der Waals surface area (Å²) in [7, 11) is 0. The van der Waals surface area contributed by atoms with Crippen molar-refractivity contribution in [3.8, 4) is 0 Å². The van der Waals surface area contributed by atoms with Crippen LogP contribution in [0.5, 0.6) is 0 Å². The number of aliphatic carboxylic acids is 1. The first-order valence-electron chi connectivity index (χ1n) is 25.6. The van der Waals surface area contributed by atoms with Crippen molar-refractivity contribution in [1.82, 2.24) is 0 Å². The summed E-state index contributed by atoms with van der Waals surface area (Å²) in [4.78, 5) is 53.4. The average Bonchev–Trinajstić information content (AvgIpc) is 3.32. The third-order valence-corrected chi connectivity index (χ3v) is 19.5. The Labute approximate surface area is 421 Å². The predicted octanol–water partition coefficient (Wildman–Crippen LogP) is 3.01. The molecular weight excluding hydrogens is 941 g/mol. The first kappa shape index (κ1) is 56.4. The Morgan fingerprint density at radius 1 is 0.722 bits per heavy atom. The highest BCUT2D eigenvalue weighted by molar-refractivity contribution is 5.89. The highest BCUT2D eigenvalue weighted by Crippen LogP contribution is 2.76. The monoisotopic (exact) mass is 1020 g/mol. The molecule has 5 aliphatic carbocycles. The highest BCUT2D eigenvalue weighted by Gasteiger charge is 2.75. The standard InChI is InChI=1S/C53H80O19/c1-12-25(3)44(64)71-41-42(72-45(65)26(4)13-2)53(24-55)29(20-48(41,6)7)28-14-15-32-49(8)18-17-33(50(9,23-54)31(49)16-19-51(32,10)52(28,11)21-34(53)67-27(5)56)68-47-38(61)39(37(60)40(70-47)43(62)63)69-46-36(59)35(58)30(57)22-66-46/h12-14,29-42,46-47,54-55,57-61H,15-24H2,1-11H3,(H,62,63)/b25-12-,26-13-/t29-,30-,31+,32+,33-,34+,35-,36+,37-,38+,39-,40-,41-,42-,46-,47+,49-,50-,51+,52+,53-/m0/s1. The van der Waals surface area contributed by atoms with E-state index in [0.717, 1.165) is 5.57 Å². The van der Waals surface area contributed by atoms with Crippen LogP contribution in [0.25, 0.3) is 0 Å². The fourth-order valence-corrected chi connectivity index (χ4v) is 15.0. The lowest BCUT2D eigenvalue weighted by molar-refractivity contribution is -0.358. The lowest BCUT2D eigenvalue weighted by Crippen LogP contribution is -2.73. The third kappa shape index (κ3) is 8.90. The molecule has 0 unspecified atom stereocenters. The van der Waals surface area contributed by atoms with E-state index in [-0.39, 0.29) is 24.9 Å². The molecule has 4 saturated carbocycles. The highest BCUT2D eigenvalue weighted by atomic mass is 16.7. The first-order chi connectivity index (χ1) is 33.6. The molecule has 7 aliphatic rings. The zero-order chi connectivity index (χ0) is 53.4. The van der Waals surface area contributed by atoms with Gasteiger partial charge < -0.3 is 74.0 Å². The zero-order valence-corrected chi connectivity index (χ0v) is 43.6. The molecule has 2 heterocycles. The van der Waals surface area contributed by atoms with Crippen LogP contribution >= 0.6 is 0 Å². The molecule has 0 aromatic heterocycles. The second-order valence-corrected chi connectivity index (χ2v) is 23.6. The largest absolute Gasteiger partial charge is 0.479 e. The number of ether oxygens (including phenoxy) is 7. The van der Waals surface area contributed by atoms with Gasteiger partial charge in [0.25, 0.3) is 0 Å². The normalized spacial score (nSPS) is 47.1. The second-order valence-electron chi connectivity index (χ2n) is 23.6. The van der Waals surface area contributed by atoms with Gasteiger partial charge in [0.1, 0.15) is 48.8 Å². The van der Waals surface area contributed by atoms with Crippen molar-refractivity contribution in [2.75, 3.05) is 19.8 Å². The number of allylic oxidation sites excluding steroid dienone is 4. The molecule has 8 N–H and O–H groups in total. The maximum Gasteiger partial charge on any atom is 0.335 e. The molecule has 0 spiro atoms. The summed E-state index contributed by atoms with van der Waals surface area (Å²) in [5.74, 6) is -4.16. The Morgan fingerprint density at radius 3 is 1.92 bits per heavy atom. The number of rotatable bonds is 12. The molecule has 21 atom stereocenters. The minimum absolute atomic E-state index is 0.0272. The number of carbonyl (C=O) groups is 4. The van der Waals surface area contributed by atoms with Crippen molar-refractivity contribution >= 4 is 23.9 Å². The van der Waals surface area contributed by atoms with Crippen LogP contribution in [0, 0.1) is 50.2 Å². The van der Waals surface area contributed by atoms with Gasteiger partial charge in [-0.05, 0) is 107 Å². The van der Waals surface area contributed by atoms with Crippen LogP contribution in [0.3, 0.4) is 0 Å². The van der Waals surface area contributed by atoms with Gasteiger partial charge in [0, 0.05) is 28.9 Å². The lowest BCUT2D eigenvalue weighted by atomic mass is 9.33. The van der Waals surface area contributed by atoms with Gasteiger partial charge in [-0.25, -0.2) is 14.4 Å². The first-order valence-corrected chi connectivity index (χ1v) is 25.6. The Morgan fingerprint density at radius 2 is 1.35 bits per heavy atom. The van der Waals surface area contributed by atoms with E-state index >= 15 is 0 Å². The van der Waals surface area contributed by atoms with E-state index in [0.29, 0.717) is 49.7 Å². The van der Waals surface area contributed by atoms with Crippen molar-refractivity contribution < 1.29 is 93.2 Å². The molecule has 72 heavy (non-hydrogen) atoms. The molecule has 0 amide bonds. The summed E-state index contributed by atoms with van der Waals surface area (Å²) < 4.78 is 42.5. The maximum atomic E-state index is 13.9.